The molecule has 0 aliphatic rings. The molecule has 0 fully saturated rings. The summed E-state index contributed by atoms with van der Waals surface area (Å²) in [5, 5.41) is 0. The van der Waals surface area contributed by atoms with E-state index in [1.807, 2.05) is 0 Å². The van der Waals surface area contributed by atoms with Crippen molar-refractivity contribution in [2.45, 2.75) is 0 Å². The first kappa shape index (κ1) is 18.8. The predicted molar refractivity (Wildman–Crippen MR) is 50.2 cm³/mol. The molecule has 0 amide bonds. The Morgan fingerprint density at radius 3 is 0.818 bits per heavy atom. The zero-order valence-corrected chi connectivity index (χ0v) is 8.93. The molecule has 0 aromatic rings. The topological polar surface area (TPSA) is 74.6 Å². The fourth-order valence-corrected chi connectivity index (χ4v) is 0. The van der Waals surface area contributed by atoms with Crippen LogP contribution in [0.15, 0.2) is 0 Å². The summed E-state index contributed by atoms with van der Waals surface area (Å²) in [6.07, 6.45) is -7.39. The molecule has 11 heavy (non-hydrogen) atoms. The first-order valence-electron chi connectivity index (χ1n) is 1.44. The van der Waals surface area contributed by atoms with Crippen LogP contribution in [0.1, 0.15) is 0 Å². The summed E-state index contributed by atoms with van der Waals surface area (Å²) in [7, 11) is 0. The second kappa shape index (κ2) is 7.53. The van der Waals surface area contributed by atoms with Crippen LogP contribution in [0.25, 0.3) is 0 Å². The van der Waals surface area contributed by atoms with Gasteiger partial charge in [0.15, 0.2) is 0 Å². The standard InChI is InChI=1S/2Cl2HO2P.Li.H/c2*1-5(2,3)4;;/h2*(H,3,4);;. The van der Waals surface area contributed by atoms with E-state index in [2.05, 4.69) is 45.0 Å². The van der Waals surface area contributed by atoms with Crippen LogP contribution in [0.3, 0.4) is 0 Å². The summed E-state index contributed by atoms with van der Waals surface area (Å²) in [6.45, 7) is 0. The Hall–Kier alpha value is 2.14. The van der Waals surface area contributed by atoms with E-state index in [0.29, 0.717) is 0 Å². The van der Waals surface area contributed by atoms with E-state index in [-0.39, 0.29) is 18.9 Å². The quantitative estimate of drug-likeness (QED) is 0.527. The molecule has 0 spiro atoms. The van der Waals surface area contributed by atoms with E-state index >= 15 is 0 Å². The molecule has 0 unspecified atom stereocenters. The first-order chi connectivity index (χ1) is 4.00. The minimum absolute atomic E-state index is 0. The molecule has 2 N–H and O–H groups in total. The van der Waals surface area contributed by atoms with Crippen LogP contribution in [0.4, 0.5) is 0 Å². The first-order valence-corrected chi connectivity index (χ1v) is 8.38. The number of hydrogen-bond acceptors (Lipinski definition) is 2. The van der Waals surface area contributed by atoms with Crippen LogP contribution in [0.2, 0.25) is 0 Å². The second-order valence-electron chi connectivity index (χ2n) is 0.869. The third kappa shape index (κ3) is 273. The molecule has 0 rings (SSSR count). The Morgan fingerprint density at radius 2 is 0.818 bits per heavy atom. The van der Waals surface area contributed by atoms with E-state index < -0.39 is 12.1 Å². The van der Waals surface area contributed by atoms with Crippen molar-refractivity contribution in [3.8, 4) is 0 Å². The summed E-state index contributed by atoms with van der Waals surface area (Å²) in [4.78, 5) is 15.2. The minimum atomic E-state index is -3.69. The van der Waals surface area contributed by atoms with Crippen molar-refractivity contribution in [3.63, 3.8) is 0 Å². The Kier molecular flexibility index (Phi) is 12.9. The van der Waals surface area contributed by atoms with E-state index in [1.54, 1.807) is 0 Å². The van der Waals surface area contributed by atoms with Crippen LogP contribution in [-0.4, -0.2) is 28.6 Å². The molecule has 66 valence electrons. The molecule has 4 nitrogen and oxygen atoms in total. The molecule has 0 aliphatic carbocycles. The molecule has 0 aliphatic heterocycles. The zero-order valence-electron chi connectivity index (χ0n) is 4.12. The second-order valence-corrected chi connectivity index (χ2v) is 9.15. The van der Waals surface area contributed by atoms with Crippen molar-refractivity contribution in [1.29, 1.82) is 0 Å². The maximum atomic E-state index is 9.30. The third-order valence-corrected chi connectivity index (χ3v) is 0. The summed E-state index contributed by atoms with van der Waals surface area (Å²) in [5.74, 6) is 0. The molecule has 0 bridgehead atoms. The van der Waals surface area contributed by atoms with Gasteiger partial charge in [-0.3, -0.25) is 9.13 Å². The molecule has 0 saturated heterocycles. The normalized spacial score (nSPS) is 10.7. The Labute approximate surface area is 94.4 Å². The molecule has 0 aromatic carbocycles. The van der Waals surface area contributed by atoms with Gasteiger partial charge in [-0.2, -0.15) is 0 Å². The van der Waals surface area contributed by atoms with Gasteiger partial charge >= 0.3 is 31.0 Å². The van der Waals surface area contributed by atoms with Crippen molar-refractivity contribution < 1.29 is 18.9 Å². The van der Waals surface area contributed by atoms with Crippen LogP contribution in [-0.2, 0) is 9.13 Å². The zero-order chi connectivity index (χ0) is 9.00. The molecule has 0 atom stereocenters. The molecule has 0 aromatic heterocycles. The van der Waals surface area contributed by atoms with Gasteiger partial charge in [0.25, 0.3) is 0 Å². The van der Waals surface area contributed by atoms with Gasteiger partial charge in [-0.15, -0.1) is 0 Å². The van der Waals surface area contributed by atoms with Crippen molar-refractivity contribution in [2.75, 3.05) is 0 Å². The molecular weight excluding hydrogens is 275 g/mol. The van der Waals surface area contributed by atoms with Gasteiger partial charge in [0.05, 0.1) is 0 Å². The molecular formula is H3Cl4LiO4P2. The van der Waals surface area contributed by atoms with Crippen LogP contribution >= 0.6 is 57.1 Å². The maximum absolute atomic E-state index is 9.30. The third-order valence-electron chi connectivity index (χ3n) is 0. The number of rotatable bonds is 0. The van der Waals surface area contributed by atoms with Crippen molar-refractivity contribution >= 4 is 76.0 Å². The Bertz CT molecular complexity index is 132. The van der Waals surface area contributed by atoms with Crippen molar-refractivity contribution in [2.24, 2.45) is 0 Å². The summed E-state index contributed by atoms with van der Waals surface area (Å²) in [6, 6.07) is 0. The summed E-state index contributed by atoms with van der Waals surface area (Å²) >= 11 is 17.6. The number of hydrogen-bond donors (Lipinski definition) is 2. The summed E-state index contributed by atoms with van der Waals surface area (Å²) < 4.78 is 18.6. The van der Waals surface area contributed by atoms with Gasteiger partial charge < -0.3 is 9.79 Å². The van der Waals surface area contributed by atoms with Crippen molar-refractivity contribution in [3.05, 3.63) is 0 Å². The molecule has 0 saturated carbocycles. The fraction of sp³-hybridized carbons (Fsp3) is 0. The van der Waals surface area contributed by atoms with Gasteiger partial charge in [-0.05, 0) is 45.0 Å². The Balaban J connectivity index is -0.000000107. The van der Waals surface area contributed by atoms with Crippen LogP contribution < -0.4 is 0 Å². The van der Waals surface area contributed by atoms with Gasteiger partial charge in [-0.1, -0.05) is 0 Å². The van der Waals surface area contributed by atoms with E-state index in [1.165, 1.54) is 0 Å². The van der Waals surface area contributed by atoms with Gasteiger partial charge in [0.1, 0.15) is 0 Å². The van der Waals surface area contributed by atoms with Crippen LogP contribution in [0.5, 0.6) is 0 Å². The van der Waals surface area contributed by atoms with Crippen molar-refractivity contribution in [1.82, 2.24) is 0 Å². The van der Waals surface area contributed by atoms with E-state index in [4.69, 9.17) is 9.79 Å². The SMILES string of the molecule is O=P(O)(Cl)Cl.O=P(O)(Cl)Cl.[LiH]. The van der Waals surface area contributed by atoms with Gasteiger partial charge in [0.2, 0.25) is 0 Å². The molecule has 0 radical (unpaired) electrons. The van der Waals surface area contributed by atoms with E-state index in [0.717, 1.165) is 0 Å². The summed E-state index contributed by atoms with van der Waals surface area (Å²) in [5.41, 5.74) is 0. The molecule has 0 heterocycles. The molecule has 11 heteroatoms. The Morgan fingerprint density at radius 1 is 0.818 bits per heavy atom. The van der Waals surface area contributed by atoms with Crippen LogP contribution in [0, 0.1) is 0 Å². The average molecular weight is 278 g/mol. The number of halogens is 4. The average Bonchev–Trinajstić information content (AvgIpc) is 1.12. The predicted octanol–water partition coefficient (Wildman–Crippen LogP) is 2.48. The fourth-order valence-electron chi connectivity index (χ4n) is 0. The van der Waals surface area contributed by atoms with Gasteiger partial charge in [0, 0.05) is 0 Å². The monoisotopic (exact) mass is 276 g/mol. The van der Waals surface area contributed by atoms with E-state index in [9.17, 15) is 9.13 Å². The van der Waals surface area contributed by atoms with Gasteiger partial charge in [-0.25, -0.2) is 0 Å².